The van der Waals surface area contributed by atoms with Crippen LogP contribution in [-0.4, -0.2) is 16.2 Å². The van der Waals surface area contributed by atoms with E-state index in [4.69, 9.17) is 5.73 Å². The molecule has 94 valence electrons. The van der Waals surface area contributed by atoms with E-state index in [0.717, 1.165) is 22.6 Å². The van der Waals surface area contributed by atoms with Crippen molar-refractivity contribution in [2.24, 2.45) is 10.7 Å². The van der Waals surface area contributed by atoms with Gasteiger partial charge in [-0.1, -0.05) is 18.2 Å². The van der Waals surface area contributed by atoms with E-state index in [1.807, 2.05) is 44.2 Å². The van der Waals surface area contributed by atoms with Crippen molar-refractivity contribution in [3.63, 3.8) is 0 Å². The second-order valence-corrected chi connectivity index (χ2v) is 4.11. The van der Waals surface area contributed by atoms with E-state index in [9.17, 15) is 0 Å². The molecule has 0 unspecified atom stereocenters. The molecule has 18 heavy (non-hydrogen) atoms. The first kappa shape index (κ1) is 12.2. The highest BCUT2D eigenvalue weighted by molar-refractivity contribution is 5.92. The molecule has 5 nitrogen and oxygen atoms in total. The maximum absolute atomic E-state index is 5.83. The zero-order valence-electron chi connectivity index (χ0n) is 10.6. The van der Waals surface area contributed by atoms with Crippen LogP contribution < -0.4 is 11.1 Å². The summed E-state index contributed by atoms with van der Waals surface area (Å²) in [7, 11) is 0. The number of nitrogens with zero attached hydrogens (tertiary/aromatic N) is 2. The van der Waals surface area contributed by atoms with Gasteiger partial charge in [0.25, 0.3) is 0 Å². The summed E-state index contributed by atoms with van der Waals surface area (Å²) in [6, 6.07) is 9.73. The van der Waals surface area contributed by atoms with Gasteiger partial charge in [0.05, 0.1) is 12.2 Å². The molecule has 1 aromatic carbocycles. The standard InChI is InChI=1S/C13H17N5/c1-9-12(10(2)18-17-9)8-15-13(14)16-11-6-4-3-5-7-11/h3-7H,8H2,1-2H3,(H,17,18)(H3,14,15,16). The van der Waals surface area contributed by atoms with E-state index in [-0.39, 0.29) is 0 Å². The zero-order chi connectivity index (χ0) is 13.0. The number of rotatable bonds is 3. The van der Waals surface area contributed by atoms with Gasteiger partial charge in [0.2, 0.25) is 0 Å². The first-order valence-electron chi connectivity index (χ1n) is 5.79. The van der Waals surface area contributed by atoms with Crippen molar-refractivity contribution in [1.82, 2.24) is 10.2 Å². The summed E-state index contributed by atoms with van der Waals surface area (Å²) in [6.45, 7) is 4.46. The molecule has 0 aliphatic heterocycles. The number of aliphatic imine (C=N–C) groups is 1. The fourth-order valence-corrected chi connectivity index (χ4v) is 1.68. The summed E-state index contributed by atoms with van der Waals surface area (Å²) in [5.41, 5.74) is 9.84. The molecular formula is C13H17N5. The quantitative estimate of drug-likeness (QED) is 0.569. The lowest BCUT2D eigenvalue weighted by Crippen LogP contribution is -2.22. The molecule has 0 radical (unpaired) electrons. The van der Waals surface area contributed by atoms with E-state index in [1.54, 1.807) is 0 Å². The van der Waals surface area contributed by atoms with Crippen LogP contribution in [-0.2, 0) is 6.54 Å². The molecule has 0 spiro atoms. The highest BCUT2D eigenvalue weighted by Gasteiger charge is 2.05. The predicted octanol–water partition coefficient (Wildman–Crippen LogP) is 1.95. The number of aryl methyl sites for hydroxylation is 2. The largest absolute Gasteiger partial charge is 0.370 e. The van der Waals surface area contributed by atoms with Crippen LogP contribution in [0.4, 0.5) is 5.69 Å². The third kappa shape index (κ3) is 2.88. The van der Waals surface area contributed by atoms with Crippen LogP contribution in [0.5, 0.6) is 0 Å². The third-order valence-corrected chi connectivity index (χ3v) is 2.73. The Morgan fingerprint density at radius 3 is 2.67 bits per heavy atom. The molecule has 0 amide bonds. The maximum Gasteiger partial charge on any atom is 0.193 e. The number of benzene rings is 1. The Labute approximate surface area is 106 Å². The average Bonchev–Trinajstić information content (AvgIpc) is 2.68. The van der Waals surface area contributed by atoms with Gasteiger partial charge in [0.1, 0.15) is 0 Å². The smallest absolute Gasteiger partial charge is 0.193 e. The Bertz CT molecular complexity index is 522. The van der Waals surface area contributed by atoms with Gasteiger partial charge in [-0.05, 0) is 26.0 Å². The first-order valence-corrected chi connectivity index (χ1v) is 5.79. The monoisotopic (exact) mass is 243 g/mol. The number of guanidine groups is 1. The van der Waals surface area contributed by atoms with Gasteiger partial charge in [0.15, 0.2) is 5.96 Å². The summed E-state index contributed by atoms with van der Waals surface area (Å²) < 4.78 is 0. The number of aromatic nitrogens is 2. The van der Waals surface area contributed by atoms with E-state index in [1.165, 1.54) is 0 Å². The minimum Gasteiger partial charge on any atom is -0.370 e. The van der Waals surface area contributed by atoms with Gasteiger partial charge in [-0.2, -0.15) is 5.10 Å². The summed E-state index contributed by atoms with van der Waals surface area (Å²) >= 11 is 0. The van der Waals surface area contributed by atoms with Crippen molar-refractivity contribution in [2.45, 2.75) is 20.4 Å². The van der Waals surface area contributed by atoms with Crippen LogP contribution in [0.1, 0.15) is 17.0 Å². The topological polar surface area (TPSA) is 79.1 Å². The molecular weight excluding hydrogens is 226 g/mol. The van der Waals surface area contributed by atoms with Crippen molar-refractivity contribution in [2.75, 3.05) is 5.32 Å². The molecule has 4 N–H and O–H groups in total. The van der Waals surface area contributed by atoms with Gasteiger partial charge in [-0.15, -0.1) is 0 Å². The van der Waals surface area contributed by atoms with Crippen LogP contribution in [0.25, 0.3) is 0 Å². The normalized spacial score (nSPS) is 11.6. The molecule has 0 saturated heterocycles. The molecule has 0 saturated carbocycles. The Hall–Kier alpha value is -2.30. The number of nitrogens with one attached hydrogen (secondary N) is 2. The summed E-state index contributed by atoms with van der Waals surface area (Å²) in [4.78, 5) is 4.31. The number of H-pyrrole nitrogens is 1. The third-order valence-electron chi connectivity index (χ3n) is 2.73. The molecule has 1 aromatic heterocycles. The lowest BCUT2D eigenvalue weighted by molar-refractivity contribution is 1.02. The lowest BCUT2D eigenvalue weighted by Gasteiger charge is -2.05. The first-order chi connectivity index (χ1) is 8.66. The van der Waals surface area contributed by atoms with E-state index < -0.39 is 0 Å². The van der Waals surface area contributed by atoms with Gasteiger partial charge in [-0.25, -0.2) is 4.99 Å². The van der Waals surface area contributed by atoms with E-state index in [0.29, 0.717) is 12.5 Å². The Morgan fingerprint density at radius 1 is 1.33 bits per heavy atom. The lowest BCUT2D eigenvalue weighted by atomic mass is 10.2. The van der Waals surface area contributed by atoms with Crippen molar-refractivity contribution in [1.29, 1.82) is 0 Å². The Kier molecular flexibility index (Phi) is 3.62. The van der Waals surface area contributed by atoms with E-state index in [2.05, 4.69) is 20.5 Å². The van der Waals surface area contributed by atoms with Gasteiger partial charge < -0.3 is 11.1 Å². The van der Waals surface area contributed by atoms with Gasteiger partial charge in [-0.3, -0.25) is 5.10 Å². The molecule has 0 fully saturated rings. The second-order valence-electron chi connectivity index (χ2n) is 4.11. The molecule has 5 heteroatoms. The number of anilines is 1. The van der Waals surface area contributed by atoms with Crippen LogP contribution in [0, 0.1) is 13.8 Å². The molecule has 0 bridgehead atoms. The van der Waals surface area contributed by atoms with Crippen molar-refractivity contribution < 1.29 is 0 Å². The second kappa shape index (κ2) is 5.35. The van der Waals surface area contributed by atoms with Crippen molar-refractivity contribution in [3.05, 3.63) is 47.3 Å². The highest BCUT2D eigenvalue weighted by atomic mass is 15.1. The average molecular weight is 243 g/mol. The maximum atomic E-state index is 5.83. The highest BCUT2D eigenvalue weighted by Crippen LogP contribution is 2.10. The minimum absolute atomic E-state index is 0.404. The van der Waals surface area contributed by atoms with Gasteiger partial charge in [0, 0.05) is 16.9 Å². The van der Waals surface area contributed by atoms with Gasteiger partial charge >= 0.3 is 0 Å². The molecule has 0 aliphatic carbocycles. The number of nitrogens with two attached hydrogens (primary N) is 1. The van der Waals surface area contributed by atoms with Crippen molar-refractivity contribution in [3.8, 4) is 0 Å². The van der Waals surface area contributed by atoms with Crippen LogP contribution in [0.15, 0.2) is 35.3 Å². The fourth-order valence-electron chi connectivity index (χ4n) is 1.68. The fraction of sp³-hybridized carbons (Fsp3) is 0.231. The van der Waals surface area contributed by atoms with Crippen molar-refractivity contribution >= 4 is 11.6 Å². The number of hydrogen-bond acceptors (Lipinski definition) is 2. The number of hydrogen-bond donors (Lipinski definition) is 3. The zero-order valence-corrected chi connectivity index (χ0v) is 10.6. The molecule has 2 aromatic rings. The van der Waals surface area contributed by atoms with Crippen LogP contribution in [0.3, 0.4) is 0 Å². The SMILES string of the molecule is Cc1n[nH]c(C)c1CN=C(N)Nc1ccccc1. The Balaban J connectivity index is 2.02. The summed E-state index contributed by atoms with van der Waals surface area (Å²) in [5.74, 6) is 0.404. The minimum atomic E-state index is 0.404. The number of aromatic amines is 1. The predicted molar refractivity (Wildman–Crippen MR) is 73.5 cm³/mol. The molecule has 0 atom stereocenters. The molecule has 1 heterocycles. The summed E-state index contributed by atoms with van der Waals surface area (Å²) in [5, 5.41) is 10.1. The van der Waals surface area contributed by atoms with E-state index >= 15 is 0 Å². The van der Waals surface area contributed by atoms with Crippen LogP contribution >= 0.6 is 0 Å². The molecule has 0 aliphatic rings. The summed E-state index contributed by atoms with van der Waals surface area (Å²) in [6.07, 6.45) is 0. The molecule has 2 rings (SSSR count). The number of para-hydroxylation sites is 1. The Morgan fingerprint density at radius 2 is 2.06 bits per heavy atom. The van der Waals surface area contributed by atoms with Crippen LogP contribution in [0.2, 0.25) is 0 Å².